The van der Waals surface area contributed by atoms with E-state index >= 15 is 0 Å². The van der Waals surface area contributed by atoms with E-state index in [1.807, 2.05) is 30.3 Å². The zero-order valence-electron chi connectivity index (χ0n) is 14.0. The molecule has 0 spiro atoms. The van der Waals surface area contributed by atoms with E-state index in [1.165, 1.54) is 0 Å². The third kappa shape index (κ3) is 2.98. The zero-order chi connectivity index (χ0) is 17.9. The molecular weight excluding hydrogens is 326 g/mol. The molecule has 7 heteroatoms. The van der Waals surface area contributed by atoms with Crippen molar-refractivity contribution in [2.45, 2.75) is 6.42 Å². The average molecular weight is 343 g/mol. The van der Waals surface area contributed by atoms with Gasteiger partial charge in [-0.1, -0.05) is 6.08 Å². The lowest BCUT2D eigenvalue weighted by atomic mass is 10.0. The smallest absolute Gasteiger partial charge is 0.133 e. The zero-order valence-corrected chi connectivity index (χ0v) is 14.0. The van der Waals surface area contributed by atoms with Crippen LogP contribution in [0.15, 0.2) is 61.7 Å². The number of nitrogen functional groups attached to an aromatic ring is 1. The molecule has 128 valence electrons. The number of hydrogen-bond donors (Lipinski definition) is 3. The maximum atomic E-state index is 6.18. The van der Waals surface area contributed by atoms with E-state index in [-0.39, 0.29) is 0 Å². The summed E-state index contributed by atoms with van der Waals surface area (Å²) in [6, 6.07) is 7.72. The molecule has 0 aliphatic carbocycles. The van der Waals surface area contributed by atoms with E-state index in [4.69, 9.17) is 5.73 Å². The Hall–Kier alpha value is -3.74. The first-order chi connectivity index (χ1) is 12.7. The maximum Gasteiger partial charge on any atom is 0.133 e. The average Bonchev–Trinajstić information content (AvgIpc) is 3.15. The van der Waals surface area contributed by atoms with Crippen molar-refractivity contribution in [2.75, 3.05) is 11.1 Å². The standard InChI is InChI=1S/C19H17N7/c1-2-3-12-4-6-21-10-14(12)16-8-13-9-18(25-17-5-7-23-26-17)22-11-15(13)19(20)24-16/h2,4-11H,1,3H2,(H2,20,24)(H2,22,23,25,26). The van der Waals surface area contributed by atoms with Crippen molar-refractivity contribution in [3.8, 4) is 11.3 Å². The van der Waals surface area contributed by atoms with E-state index in [1.54, 1.807) is 24.8 Å². The number of anilines is 3. The fourth-order valence-electron chi connectivity index (χ4n) is 2.83. The van der Waals surface area contributed by atoms with E-state index in [0.717, 1.165) is 39.8 Å². The number of rotatable bonds is 5. The van der Waals surface area contributed by atoms with Crippen LogP contribution in [0.2, 0.25) is 0 Å². The van der Waals surface area contributed by atoms with Gasteiger partial charge >= 0.3 is 0 Å². The van der Waals surface area contributed by atoms with Crippen LogP contribution in [-0.4, -0.2) is 25.1 Å². The second-order valence-corrected chi connectivity index (χ2v) is 5.80. The molecule has 0 saturated carbocycles. The number of fused-ring (bicyclic) bond motifs is 1. The van der Waals surface area contributed by atoms with Crippen molar-refractivity contribution < 1.29 is 0 Å². The van der Waals surface area contributed by atoms with E-state index in [2.05, 4.69) is 37.0 Å². The highest BCUT2D eigenvalue weighted by molar-refractivity contribution is 5.94. The Morgan fingerprint density at radius 1 is 1.19 bits per heavy atom. The molecule has 0 aromatic carbocycles. The molecule has 4 aromatic heterocycles. The molecule has 0 radical (unpaired) electrons. The van der Waals surface area contributed by atoms with Crippen LogP contribution < -0.4 is 11.1 Å². The predicted octanol–water partition coefficient (Wildman–Crippen LogP) is 3.47. The second kappa shape index (κ2) is 6.64. The molecule has 26 heavy (non-hydrogen) atoms. The highest BCUT2D eigenvalue weighted by Crippen LogP contribution is 2.29. The number of nitrogens with two attached hydrogens (primary N) is 1. The number of nitrogens with zero attached hydrogens (tertiary/aromatic N) is 4. The molecule has 0 fully saturated rings. The van der Waals surface area contributed by atoms with Crippen molar-refractivity contribution >= 4 is 28.2 Å². The summed E-state index contributed by atoms with van der Waals surface area (Å²) in [5.74, 6) is 1.89. The Kier molecular flexibility index (Phi) is 4.03. The summed E-state index contributed by atoms with van der Waals surface area (Å²) in [7, 11) is 0. The van der Waals surface area contributed by atoms with Crippen molar-refractivity contribution in [3.05, 3.63) is 67.3 Å². The number of H-pyrrole nitrogens is 1. The van der Waals surface area contributed by atoms with Crippen LogP contribution in [0.5, 0.6) is 0 Å². The van der Waals surface area contributed by atoms with Crippen molar-refractivity contribution in [3.63, 3.8) is 0 Å². The van der Waals surface area contributed by atoms with Crippen LogP contribution >= 0.6 is 0 Å². The fraction of sp³-hybridized carbons (Fsp3) is 0.0526. The molecule has 0 aliphatic heterocycles. The Bertz CT molecular complexity index is 1070. The van der Waals surface area contributed by atoms with Gasteiger partial charge in [-0.3, -0.25) is 10.1 Å². The van der Waals surface area contributed by atoms with Gasteiger partial charge in [0.2, 0.25) is 0 Å². The summed E-state index contributed by atoms with van der Waals surface area (Å²) in [6.45, 7) is 3.82. The van der Waals surface area contributed by atoms with Gasteiger partial charge in [-0.05, 0) is 35.6 Å². The van der Waals surface area contributed by atoms with Crippen LogP contribution in [0.3, 0.4) is 0 Å². The minimum Gasteiger partial charge on any atom is -0.383 e. The first-order valence-corrected chi connectivity index (χ1v) is 8.11. The summed E-state index contributed by atoms with van der Waals surface area (Å²) in [5, 5.41) is 11.7. The van der Waals surface area contributed by atoms with Gasteiger partial charge in [0.1, 0.15) is 17.5 Å². The normalized spacial score (nSPS) is 10.8. The fourth-order valence-corrected chi connectivity index (χ4v) is 2.83. The molecule has 0 atom stereocenters. The molecular formula is C19H17N7. The van der Waals surface area contributed by atoms with E-state index in [0.29, 0.717) is 11.6 Å². The number of aromatic amines is 1. The molecule has 0 saturated heterocycles. The number of hydrogen-bond acceptors (Lipinski definition) is 6. The lowest BCUT2D eigenvalue weighted by Gasteiger charge is -2.10. The summed E-state index contributed by atoms with van der Waals surface area (Å²) >= 11 is 0. The molecule has 0 aliphatic rings. The largest absolute Gasteiger partial charge is 0.383 e. The first-order valence-electron chi connectivity index (χ1n) is 8.11. The number of pyridine rings is 3. The van der Waals surface area contributed by atoms with Crippen LogP contribution in [0, 0.1) is 0 Å². The lowest BCUT2D eigenvalue weighted by molar-refractivity contribution is 1.09. The molecule has 0 bridgehead atoms. The second-order valence-electron chi connectivity index (χ2n) is 5.80. The highest BCUT2D eigenvalue weighted by Gasteiger charge is 2.10. The van der Waals surface area contributed by atoms with Crippen LogP contribution in [0.4, 0.5) is 17.5 Å². The summed E-state index contributed by atoms with van der Waals surface area (Å²) in [4.78, 5) is 13.2. The summed E-state index contributed by atoms with van der Waals surface area (Å²) < 4.78 is 0. The summed E-state index contributed by atoms with van der Waals surface area (Å²) in [6.07, 6.45) is 9.56. The van der Waals surface area contributed by atoms with Gasteiger partial charge in [0.25, 0.3) is 0 Å². The first kappa shape index (κ1) is 15.8. The molecule has 4 heterocycles. The number of nitrogens with one attached hydrogen (secondary N) is 2. The van der Waals surface area contributed by atoms with Crippen LogP contribution in [-0.2, 0) is 6.42 Å². The van der Waals surface area contributed by atoms with E-state index in [9.17, 15) is 0 Å². The minimum absolute atomic E-state index is 0.437. The molecule has 4 N–H and O–H groups in total. The Morgan fingerprint density at radius 2 is 2.12 bits per heavy atom. The van der Waals surface area contributed by atoms with Gasteiger partial charge in [0, 0.05) is 35.6 Å². The quantitative estimate of drug-likeness (QED) is 0.479. The van der Waals surface area contributed by atoms with Crippen molar-refractivity contribution in [1.82, 2.24) is 25.1 Å². The van der Waals surface area contributed by atoms with E-state index < -0.39 is 0 Å². The summed E-state index contributed by atoms with van der Waals surface area (Å²) in [5.41, 5.74) is 9.00. The SMILES string of the molecule is C=CCc1ccncc1-c1cc2cc(Nc3ccn[nH]3)ncc2c(N)n1. The molecule has 0 unspecified atom stereocenters. The molecule has 4 rings (SSSR count). The lowest BCUT2D eigenvalue weighted by Crippen LogP contribution is -1.99. The van der Waals surface area contributed by atoms with Crippen molar-refractivity contribution in [1.29, 1.82) is 0 Å². The van der Waals surface area contributed by atoms with Gasteiger partial charge in [-0.15, -0.1) is 6.58 Å². The van der Waals surface area contributed by atoms with Gasteiger partial charge in [-0.2, -0.15) is 5.10 Å². The van der Waals surface area contributed by atoms with Crippen LogP contribution in [0.1, 0.15) is 5.56 Å². The third-order valence-corrected chi connectivity index (χ3v) is 4.06. The Balaban J connectivity index is 1.80. The molecule has 7 nitrogen and oxygen atoms in total. The van der Waals surface area contributed by atoms with Crippen LogP contribution in [0.25, 0.3) is 22.0 Å². The van der Waals surface area contributed by atoms with Gasteiger partial charge < -0.3 is 11.1 Å². The van der Waals surface area contributed by atoms with Gasteiger partial charge in [0.15, 0.2) is 0 Å². The topological polar surface area (TPSA) is 105 Å². The Labute approximate surface area is 150 Å². The van der Waals surface area contributed by atoms with Gasteiger partial charge in [-0.25, -0.2) is 9.97 Å². The third-order valence-electron chi connectivity index (χ3n) is 4.06. The monoisotopic (exact) mass is 343 g/mol. The van der Waals surface area contributed by atoms with Gasteiger partial charge in [0.05, 0.1) is 11.9 Å². The minimum atomic E-state index is 0.437. The maximum absolute atomic E-state index is 6.18. The molecule has 0 amide bonds. The Morgan fingerprint density at radius 3 is 2.92 bits per heavy atom. The highest BCUT2D eigenvalue weighted by atomic mass is 15.2. The molecule has 4 aromatic rings. The number of allylic oxidation sites excluding steroid dienone is 1. The predicted molar refractivity (Wildman–Crippen MR) is 103 cm³/mol. The van der Waals surface area contributed by atoms with Crippen molar-refractivity contribution in [2.24, 2.45) is 0 Å². The number of aromatic nitrogens is 5.